The average Bonchev–Trinajstić information content (AvgIpc) is 3.31. The number of rotatable bonds is 3. The molecule has 1 aromatic carbocycles. The monoisotopic (exact) mass is 377 g/mol. The van der Waals surface area contributed by atoms with Gasteiger partial charge in [-0.3, -0.25) is 4.98 Å². The number of benzene rings is 1. The number of pyridine rings is 2. The Balaban J connectivity index is 1.62. The van der Waals surface area contributed by atoms with Gasteiger partial charge in [-0.25, -0.2) is 9.67 Å². The molecule has 5 rings (SSSR count). The molecule has 0 aliphatic heterocycles. The molecule has 0 atom stereocenters. The first-order chi connectivity index (χ1) is 13.6. The van der Waals surface area contributed by atoms with Crippen molar-refractivity contribution in [3.8, 4) is 5.82 Å². The van der Waals surface area contributed by atoms with Crippen molar-refractivity contribution in [2.24, 2.45) is 0 Å². The van der Waals surface area contributed by atoms with Crippen LogP contribution >= 0.6 is 0 Å². The highest BCUT2D eigenvalue weighted by Gasteiger charge is 2.23. The molecular formula is C20H13F2N5O. The fraction of sp³-hybridized carbons (Fsp3) is 0.100. The summed E-state index contributed by atoms with van der Waals surface area (Å²) in [5, 5.41) is 9.01. The maximum atomic E-state index is 14.5. The Kier molecular flexibility index (Phi) is 3.65. The average molecular weight is 377 g/mol. The van der Waals surface area contributed by atoms with Crippen LogP contribution in [0.5, 0.6) is 0 Å². The van der Waals surface area contributed by atoms with Crippen LogP contribution < -0.4 is 0 Å². The molecule has 0 amide bonds. The third-order valence-electron chi connectivity index (χ3n) is 4.52. The van der Waals surface area contributed by atoms with Gasteiger partial charge in [-0.2, -0.15) is 13.9 Å². The fourth-order valence-corrected chi connectivity index (χ4v) is 3.16. The molecule has 0 N–H and O–H groups in total. The van der Waals surface area contributed by atoms with Gasteiger partial charge in [0.05, 0.1) is 11.2 Å². The third kappa shape index (κ3) is 2.61. The van der Waals surface area contributed by atoms with E-state index in [1.165, 1.54) is 10.9 Å². The quantitative estimate of drug-likeness (QED) is 0.473. The minimum absolute atomic E-state index is 0.174. The van der Waals surface area contributed by atoms with Crippen LogP contribution in [0, 0.1) is 18.6 Å². The molecule has 0 fully saturated rings. The zero-order chi connectivity index (χ0) is 19.3. The van der Waals surface area contributed by atoms with Gasteiger partial charge in [0.15, 0.2) is 5.82 Å². The highest BCUT2D eigenvalue weighted by Crippen LogP contribution is 2.27. The van der Waals surface area contributed by atoms with E-state index in [-0.39, 0.29) is 16.9 Å². The lowest BCUT2D eigenvalue weighted by Gasteiger charge is -2.04. The van der Waals surface area contributed by atoms with E-state index in [2.05, 4.69) is 20.2 Å². The SMILES string of the molecule is Cc1ccn(-c2nc3c(Cc4ccc5ncccc5c4)noc3c(F)c2F)n1. The minimum Gasteiger partial charge on any atom is -0.351 e. The number of aryl methyl sites for hydroxylation is 1. The first-order valence-electron chi connectivity index (χ1n) is 8.60. The molecule has 5 aromatic rings. The van der Waals surface area contributed by atoms with E-state index in [0.29, 0.717) is 17.8 Å². The number of halogens is 2. The van der Waals surface area contributed by atoms with Crippen LogP contribution in [0.4, 0.5) is 8.78 Å². The van der Waals surface area contributed by atoms with Crippen LogP contribution in [0.15, 0.2) is 53.3 Å². The molecule has 8 heteroatoms. The lowest BCUT2D eigenvalue weighted by molar-refractivity contribution is 0.419. The summed E-state index contributed by atoms with van der Waals surface area (Å²) < 4.78 is 35.2. The molecular weight excluding hydrogens is 364 g/mol. The van der Waals surface area contributed by atoms with E-state index in [0.717, 1.165) is 16.5 Å². The van der Waals surface area contributed by atoms with Gasteiger partial charge in [0, 0.05) is 24.2 Å². The Morgan fingerprint density at radius 2 is 2.00 bits per heavy atom. The van der Waals surface area contributed by atoms with Gasteiger partial charge < -0.3 is 4.52 Å². The van der Waals surface area contributed by atoms with E-state index in [1.54, 1.807) is 19.2 Å². The topological polar surface area (TPSA) is 69.6 Å². The van der Waals surface area contributed by atoms with Gasteiger partial charge in [-0.05, 0) is 36.8 Å². The second-order valence-corrected chi connectivity index (χ2v) is 6.48. The predicted octanol–water partition coefficient (Wildman–Crippen LogP) is 4.13. The van der Waals surface area contributed by atoms with Crippen molar-refractivity contribution >= 4 is 22.0 Å². The van der Waals surface area contributed by atoms with Crippen molar-refractivity contribution in [3.05, 3.63) is 77.4 Å². The molecule has 4 aromatic heterocycles. The van der Waals surface area contributed by atoms with Gasteiger partial charge in [-0.1, -0.05) is 17.3 Å². The maximum absolute atomic E-state index is 14.5. The van der Waals surface area contributed by atoms with Gasteiger partial charge in [0.1, 0.15) is 11.2 Å². The molecule has 0 unspecified atom stereocenters. The standard InChI is InChI=1S/C20H13F2N5O/c1-11-6-8-27(25-11)20-17(22)16(21)19-18(24-20)15(26-28-19)10-12-4-5-14-13(9-12)3-2-7-23-14/h2-9H,10H2,1H3. The molecule has 0 bridgehead atoms. The largest absolute Gasteiger partial charge is 0.351 e. The molecule has 0 aliphatic carbocycles. The fourth-order valence-electron chi connectivity index (χ4n) is 3.16. The summed E-state index contributed by atoms with van der Waals surface area (Å²) in [6, 6.07) is 11.3. The van der Waals surface area contributed by atoms with Crippen molar-refractivity contribution in [2.45, 2.75) is 13.3 Å². The highest BCUT2D eigenvalue weighted by atomic mass is 19.2. The summed E-state index contributed by atoms with van der Waals surface area (Å²) in [4.78, 5) is 8.54. The van der Waals surface area contributed by atoms with Crippen LogP contribution in [0.2, 0.25) is 0 Å². The van der Waals surface area contributed by atoms with Crippen molar-refractivity contribution in [1.29, 1.82) is 0 Å². The Morgan fingerprint density at radius 3 is 2.82 bits per heavy atom. The van der Waals surface area contributed by atoms with Crippen LogP contribution in [0.3, 0.4) is 0 Å². The third-order valence-corrected chi connectivity index (χ3v) is 4.52. The summed E-state index contributed by atoms with van der Waals surface area (Å²) >= 11 is 0. The van der Waals surface area contributed by atoms with Crippen LogP contribution in [-0.2, 0) is 6.42 Å². The Morgan fingerprint density at radius 1 is 1.11 bits per heavy atom. The number of aromatic nitrogens is 5. The highest BCUT2D eigenvalue weighted by molar-refractivity contribution is 5.80. The first-order valence-corrected chi connectivity index (χ1v) is 8.60. The summed E-state index contributed by atoms with van der Waals surface area (Å²) in [7, 11) is 0. The molecule has 28 heavy (non-hydrogen) atoms. The summed E-state index contributed by atoms with van der Waals surface area (Å²) in [6.07, 6.45) is 3.61. The second-order valence-electron chi connectivity index (χ2n) is 6.48. The Hall–Kier alpha value is -3.68. The lowest BCUT2D eigenvalue weighted by atomic mass is 10.1. The number of fused-ring (bicyclic) bond motifs is 2. The van der Waals surface area contributed by atoms with Gasteiger partial charge in [0.25, 0.3) is 0 Å². The van der Waals surface area contributed by atoms with Gasteiger partial charge in [-0.15, -0.1) is 0 Å². The summed E-state index contributed by atoms with van der Waals surface area (Å²) in [5.41, 5.74) is 2.76. The normalized spacial score (nSPS) is 11.5. The second kappa shape index (κ2) is 6.19. The van der Waals surface area contributed by atoms with E-state index < -0.39 is 11.6 Å². The molecule has 0 saturated heterocycles. The number of nitrogens with zero attached hydrogens (tertiary/aromatic N) is 5. The van der Waals surface area contributed by atoms with Crippen molar-refractivity contribution in [1.82, 2.24) is 24.9 Å². The van der Waals surface area contributed by atoms with Crippen molar-refractivity contribution < 1.29 is 13.3 Å². The predicted molar refractivity (Wildman–Crippen MR) is 98.1 cm³/mol. The lowest BCUT2D eigenvalue weighted by Crippen LogP contribution is -2.05. The van der Waals surface area contributed by atoms with E-state index >= 15 is 0 Å². The zero-order valence-corrected chi connectivity index (χ0v) is 14.7. The molecule has 6 nitrogen and oxygen atoms in total. The van der Waals surface area contributed by atoms with Crippen LogP contribution in [-0.4, -0.2) is 24.9 Å². The van der Waals surface area contributed by atoms with E-state index in [1.807, 2.05) is 30.3 Å². The number of hydrogen-bond donors (Lipinski definition) is 0. The Bertz CT molecular complexity index is 1340. The van der Waals surface area contributed by atoms with Crippen LogP contribution in [0.25, 0.3) is 27.8 Å². The zero-order valence-electron chi connectivity index (χ0n) is 14.7. The van der Waals surface area contributed by atoms with E-state index in [9.17, 15) is 8.78 Å². The summed E-state index contributed by atoms with van der Waals surface area (Å²) in [6.45, 7) is 1.75. The first kappa shape index (κ1) is 16.5. The Labute approximate surface area is 157 Å². The van der Waals surface area contributed by atoms with E-state index in [4.69, 9.17) is 4.52 Å². The van der Waals surface area contributed by atoms with Gasteiger partial charge in [0.2, 0.25) is 17.2 Å². The maximum Gasteiger partial charge on any atom is 0.224 e. The smallest absolute Gasteiger partial charge is 0.224 e. The van der Waals surface area contributed by atoms with Crippen molar-refractivity contribution in [2.75, 3.05) is 0 Å². The van der Waals surface area contributed by atoms with Crippen LogP contribution in [0.1, 0.15) is 17.0 Å². The molecule has 0 spiro atoms. The van der Waals surface area contributed by atoms with Gasteiger partial charge >= 0.3 is 0 Å². The minimum atomic E-state index is -1.13. The molecule has 0 aliphatic rings. The van der Waals surface area contributed by atoms with Crippen molar-refractivity contribution in [3.63, 3.8) is 0 Å². The molecule has 4 heterocycles. The summed E-state index contributed by atoms with van der Waals surface area (Å²) in [5.74, 6) is -2.49. The molecule has 0 saturated carbocycles. The molecule has 138 valence electrons. The number of hydrogen-bond acceptors (Lipinski definition) is 5. The molecule has 0 radical (unpaired) electrons.